The third-order valence-electron chi connectivity index (χ3n) is 3.33. The lowest BCUT2D eigenvalue weighted by atomic mass is 9.99. The first-order valence-electron chi connectivity index (χ1n) is 6.19. The zero-order valence-electron chi connectivity index (χ0n) is 10.8. The monoisotopic (exact) mass is 348 g/mol. The van der Waals surface area contributed by atoms with Crippen LogP contribution in [-0.2, 0) is 0 Å². The van der Waals surface area contributed by atoms with Crippen molar-refractivity contribution in [3.63, 3.8) is 0 Å². The van der Waals surface area contributed by atoms with E-state index in [1.54, 1.807) is 18.4 Å². The summed E-state index contributed by atoms with van der Waals surface area (Å²) in [5.41, 5.74) is 0.893. The van der Waals surface area contributed by atoms with E-state index in [9.17, 15) is 5.11 Å². The number of fused-ring (bicyclic) bond motifs is 1. The molecule has 0 fully saturated rings. The predicted octanol–water partition coefficient (Wildman–Crippen LogP) is 4.75. The molecular formula is C16H13BrO2S. The number of rotatable bonds is 3. The Hall–Kier alpha value is -1.36. The molecule has 0 bridgehead atoms. The Balaban J connectivity index is 2.20. The predicted molar refractivity (Wildman–Crippen MR) is 86.6 cm³/mol. The fraction of sp³-hybridized carbons (Fsp3) is 0.125. The number of hydrogen-bond donors (Lipinski definition) is 1. The maximum Gasteiger partial charge on any atom is 0.126 e. The van der Waals surface area contributed by atoms with Gasteiger partial charge in [0.1, 0.15) is 11.9 Å². The summed E-state index contributed by atoms with van der Waals surface area (Å²) in [6.07, 6.45) is -0.639. The number of benzene rings is 2. The Bertz CT molecular complexity index is 751. The van der Waals surface area contributed by atoms with Gasteiger partial charge in [0.05, 0.1) is 12.0 Å². The van der Waals surface area contributed by atoms with Crippen LogP contribution < -0.4 is 4.74 Å². The van der Waals surface area contributed by atoms with Crippen LogP contribution in [0.2, 0.25) is 0 Å². The molecule has 0 saturated carbocycles. The molecule has 3 rings (SSSR count). The molecule has 1 N–H and O–H groups in total. The molecule has 4 heteroatoms. The maximum absolute atomic E-state index is 10.7. The first-order chi connectivity index (χ1) is 9.72. The fourth-order valence-electron chi connectivity index (χ4n) is 2.35. The lowest BCUT2D eigenvalue weighted by Gasteiger charge is -2.15. The highest BCUT2D eigenvalue weighted by Gasteiger charge is 2.18. The summed E-state index contributed by atoms with van der Waals surface area (Å²) >= 11 is 5.02. The van der Waals surface area contributed by atoms with Gasteiger partial charge in [-0.05, 0) is 44.4 Å². The number of ether oxygens (including phenoxy) is 1. The summed E-state index contributed by atoms with van der Waals surface area (Å²) in [7, 11) is 1.66. The summed E-state index contributed by atoms with van der Waals surface area (Å²) in [6, 6.07) is 13.8. The van der Waals surface area contributed by atoms with Gasteiger partial charge in [0.15, 0.2) is 0 Å². The Kier molecular flexibility index (Phi) is 3.78. The number of aliphatic hydroxyl groups is 1. The number of hydrogen-bond acceptors (Lipinski definition) is 3. The molecule has 0 aliphatic rings. The zero-order chi connectivity index (χ0) is 14.1. The molecule has 1 aromatic heterocycles. The van der Waals surface area contributed by atoms with E-state index in [2.05, 4.69) is 15.9 Å². The molecule has 3 aromatic rings. The first kappa shape index (κ1) is 13.6. The third-order valence-corrected chi connectivity index (χ3v) is 5.25. The highest BCUT2D eigenvalue weighted by atomic mass is 79.9. The Morgan fingerprint density at radius 2 is 1.85 bits per heavy atom. The number of halogens is 1. The summed E-state index contributed by atoms with van der Waals surface area (Å²) in [5.74, 6) is 0.821. The number of aliphatic hydroxyl groups excluding tert-OH is 1. The van der Waals surface area contributed by atoms with Crippen molar-refractivity contribution in [3.05, 3.63) is 62.8 Å². The van der Waals surface area contributed by atoms with Crippen molar-refractivity contribution in [3.8, 4) is 5.75 Å². The molecule has 0 saturated heterocycles. The second-order valence-electron chi connectivity index (χ2n) is 4.44. The van der Waals surface area contributed by atoms with Gasteiger partial charge >= 0.3 is 0 Å². The average Bonchev–Trinajstić information content (AvgIpc) is 2.91. The van der Waals surface area contributed by atoms with Gasteiger partial charge in [-0.15, -0.1) is 11.3 Å². The fourth-order valence-corrected chi connectivity index (χ4v) is 3.94. The van der Waals surface area contributed by atoms with Gasteiger partial charge in [0, 0.05) is 9.86 Å². The lowest BCUT2D eigenvalue weighted by molar-refractivity contribution is 0.225. The summed E-state index contributed by atoms with van der Waals surface area (Å²) in [5, 5.41) is 14.7. The van der Waals surface area contributed by atoms with Crippen LogP contribution in [0.5, 0.6) is 5.75 Å². The molecule has 102 valence electrons. The summed E-state index contributed by atoms with van der Waals surface area (Å²) < 4.78 is 6.33. The van der Waals surface area contributed by atoms with Crippen LogP contribution in [0, 0.1) is 0 Å². The molecule has 0 aliphatic heterocycles. The van der Waals surface area contributed by atoms with Crippen molar-refractivity contribution < 1.29 is 9.84 Å². The molecule has 2 nitrogen and oxygen atoms in total. The highest BCUT2D eigenvalue weighted by Crippen LogP contribution is 2.38. The topological polar surface area (TPSA) is 29.5 Å². The Labute approximate surface area is 129 Å². The Morgan fingerprint density at radius 3 is 2.50 bits per heavy atom. The molecular weight excluding hydrogens is 336 g/mol. The quantitative estimate of drug-likeness (QED) is 0.739. The van der Waals surface area contributed by atoms with Crippen LogP contribution in [0.1, 0.15) is 16.5 Å². The van der Waals surface area contributed by atoms with Crippen LogP contribution >= 0.6 is 27.3 Å². The number of methoxy groups -OCH3 is 1. The van der Waals surface area contributed by atoms with E-state index in [4.69, 9.17) is 4.74 Å². The molecule has 2 aromatic carbocycles. The lowest BCUT2D eigenvalue weighted by Crippen LogP contribution is -1.99. The van der Waals surface area contributed by atoms with Gasteiger partial charge in [-0.25, -0.2) is 0 Å². The molecule has 0 aliphatic carbocycles. The molecule has 0 radical (unpaired) electrons. The van der Waals surface area contributed by atoms with Crippen molar-refractivity contribution in [1.82, 2.24) is 0 Å². The molecule has 0 amide bonds. The third kappa shape index (κ3) is 2.24. The van der Waals surface area contributed by atoms with E-state index in [-0.39, 0.29) is 0 Å². The molecule has 1 unspecified atom stereocenters. The normalized spacial score (nSPS) is 12.6. The van der Waals surface area contributed by atoms with Gasteiger partial charge in [0.2, 0.25) is 0 Å². The standard InChI is InChI=1S/C16H13BrO2S/c1-19-14-7-6-12(10-4-2-3-5-11(10)14)15(18)16-13(17)8-9-20-16/h2-9,15,18H,1H3. The minimum absolute atomic E-state index is 0.639. The van der Waals surface area contributed by atoms with Crippen molar-refractivity contribution in [2.45, 2.75) is 6.10 Å². The van der Waals surface area contributed by atoms with E-state index in [0.29, 0.717) is 0 Å². The Morgan fingerprint density at radius 1 is 1.10 bits per heavy atom. The van der Waals surface area contributed by atoms with E-state index >= 15 is 0 Å². The van der Waals surface area contributed by atoms with Crippen molar-refractivity contribution >= 4 is 38.0 Å². The first-order valence-corrected chi connectivity index (χ1v) is 7.86. The minimum Gasteiger partial charge on any atom is -0.496 e. The van der Waals surface area contributed by atoms with Crippen LogP contribution in [0.3, 0.4) is 0 Å². The van der Waals surface area contributed by atoms with Crippen molar-refractivity contribution in [1.29, 1.82) is 0 Å². The smallest absolute Gasteiger partial charge is 0.126 e. The van der Waals surface area contributed by atoms with Gasteiger partial charge in [0.25, 0.3) is 0 Å². The second kappa shape index (κ2) is 5.56. The van der Waals surface area contributed by atoms with Crippen LogP contribution in [-0.4, -0.2) is 12.2 Å². The van der Waals surface area contributed by atoms with E-state index in [1.165, 1.54) is 0 Å². The molecule has 1 atom stereocenters. The minimum atomic E-state index is -0.639. The molecule has 1 heterocycles. The molecule has 20 heavy (non-hydrogen) atoms. The largest absolute Gasteiger partial charge is 0.496 e. The van der Waals surface area contributed by atoms with Gasteiger partial charge < -0.3 is 9.84 Å². The van der Waals surface area contributed by atoms with Crippen LogP contribution in [0.4, 0.5) is 0 Å². The van der Waals surface area contributed by atoms with E-state index in [1.807, 2.05) is 47.8 Å². The zero-order valence-corrected chi connectivity index (χ0v) is 13.2. The van der Waals surface area contributed by atoms with Gasteiger partial charge in [-0.1, -0.05) is 30.3 Å². The summed E-state index contributed by atoms with van der Waals surface area (Å²) in [6.45, 7) is 0. The highest BCUT2D eigenvalue weighted by molar-refractivity contribution is 9.10. The average molecular weight is 349 g/mol. The SMILES string of the molecule is COc1ccc(C(O)c2sccc2Br)c2ccccc12. The van der Waals surface area contributed by atoms with Crippen LogP contribution in [0.25, 0.3) is 10.8 Å². The summed E-state index contributed by atoms with van der Waals surface area (Å²) in [4.78, 5) is 0.917. The van der Waals surface area contributed by atoms with Crippen LogP contribution in [0.15, 0.2) is 52.3 Å². The second-order valence-corrected chi connectivity index (χ2v) is 6.24. The van der Waals surface area contributed by atoms with E-state index in [0.717, 1.165) is 31.4 Å². The number of thiophene rings is 1. The van der Waals surface area contributed by atoms with E-state index < -0.39 is 6.10 Å². The van der Waals surface area contributed by atoms with Gasteiger partial charge in [-0.2, -0.15) is 0 Å². The van der Waals surface area contributed by atoms with Crippen molar-refractivity contribution in [2.75, 3.05) is 7.11 Å². The molecule has 0 spiro atoms. The maximum atomic E-state index is 10.7. The van der Waals surface area contributed by atoms with Gasteiger partial charge in [-0.3, -0.25) is 0 Å². The van der Waals surface area contributed by atoms with Crippen molar-refractivity contribution in [2.24, 2.45) is 0 Å².